The van der Waals surface area contributed by atoms with E-state index in [4.69, 9.17) is 10.8 Å². The Morgan fingerprint density at radius 2 is 1.86 bits per heavy atom. The normalized spacial score (nSPS) is 11.8. The molecule has 1 unspecified atom stereocenters. The summed E-state index contributed by atoms with van der Waals surface area (Å²) in [5, 5.41) is 13.0. The van der Waals surface area contributed by atoms with Crippen LogP contribution in [0.2, 0.25) is 0 Å². The highest BCUT2D eigenvalue weighted by atomic mass is 16.3. The molecule has 0 saturated heterocycles. The number of aliphatic hydroxyl groups excluding tert-OH is 1. The number of imide groups is 1. The number of aliphatic hydroxyl groups is 1. The van der Waals surface area contributed by atoms with Gasteiger partial charge in [-0.25, -0.2) is 4.79 Å². The van der Waals surface area contributed by atoms with Gasteiger partial charge in [0.05, 0.1) is 6.54 Å². The van der Waals surface area contributed by atoms with Crippen LogP contribution < -0.4 is 22.1 Å². The molecule has 0 aliphatic rings. The summed E-state index contributed by atoms with van der Waals surface area (Å²) in [4.78, 5) is 31.2. The number of carbonyl (C=O) groups is 3. The molecule has 0 aromatic carbocycles. The predicted molar refractivity (Wildman–Crippen MR) is 45.8 cm³/mol. The van der Waals surface area contributed by atoms with Crippen molar-refractivity contribution in [2.45, 2.75) is 6.10 Å². The monoisotopic (exact) mass is 204 g/mol. The average Bonchev–Trinajstić information content (AvgIpc) is 2.02. The highest BCUT2D eigenvalue weighted by Crippen LogP contribution is 1.76. The molecule has 0 spiro atoms. The van der Waals surface area contributed by atoms with Gasteiger partial charge in [-0.1, -0.05) is 0 Å². The molecule has 1 atom stereocenters. The summed E-state index contributed by atoms with van der Waals surface area (Å²) in [6, 6.07) is -0.966. The lowest BCUT2D eigenvalue weighted by molar-refractivity contribution is -0.126. The van der Waals surface area contributed by atoms with E-state index in [9.17, 15) is 14.4 Å². The van der Waals surface area contributed by atoms with E-state index >= 15 is 0 Å². The third-order valence-corrected chi connectivity index (χ3v) is 1.21. The first-order valence-corrected chi connectivity index (χ1v) is 3.71. The summed E-state index contributed by atoms with van der Waals surface area (Å²) in [6.45, 7) is -0.408. The third-order valence-electron chi connectivity index (χ3n) is 1.21. The standard InChI is InChI=1S/C6H12N4O4/c7-5(13)3(11)1-9-2-4(12)10-6(8)14/h3,9,11H,1-2H2,(H2,7,13)(H3,8,10,12,14). The summed E-state index contributed by atoms with van der Waals surface area (Å²) < 4.78 is 0. The molecule has 8 heteroatoms. The van der Waals surface area contributed by atoms with Gasteiger partial charge in [0.15, 0.2) is 0 Å². The summed E-state index contributed by atoms with van der Waals surface area (Å²) in [5.41, 5.74) is 9.38. The molecule has 0 aromatic rings. The quantitative estimate of drug-likeness (QED) is 0.317. The molecular weight excluding hydrogens is 192 g/mol. The van der Waals surface area contributed by atoms with Gasteiger partial charge >= 0.3 is 6.03 Å². The second-order valence-corrected chi connectivity index (χ2v) is 2.46. The molecule has 0 fully saturated rings. The lowest BCUT2D eigenvalue weighted by Gasteiger charge is -2.07. The van der Waals surface area contributed by atoms with Crippen molar-refractivity contribution in [3.05, 3.63) is 0 Å². The number of carbonyl (C=O) groups excluding carboxylic acids is 3. The molecule has 0 rings (SSSR count). The smallest absolute Gasteiger partial charge is 0.318 e. The Morgan fingerprint density at radius 1 is 1.29 bits per heavy atom. The Bertz CT molecular complexity index is 242. The Balaban J connectivity index is 3.59. The van der Waals surface area contributed by atoms with E-state index in [0.29, 0.717) is 0 Å². The minimum absolute atomic E-state index is 0.165. The van der Waals surface area contributed by atoms with E-state index in [1.807, 2.05) is 0 Å². The molecule has 7 N–H and O–H groups in total. The lowest BCUT2D eigenvalue weighted by Crippen LogP contribution is -2.44. The van der Waals surface area contributed by atoms with Crippen molar-refractivity contribution in [2.75, 3.05) is 13.1 Å². The molecular formula is C6H12N4O4. The van der Waals surface area contributed by atoms with E-state index in [0.717, 1.165) is 0 Å². The van der Waals surface area contributed by atoms with Crippen molar-refractivity contribution < 1.29 is 19.5 Å². The fourth-order valence-electron chi connectivity index (χ4n) is 0.605. The molecule has 0 radical (unpaired) electrons. The highest BCUT2D eigenvalue weighted by molar-refractivity contribution is 5.94. The average molecular weight is 204 g/mol. The van der Waals surface area contributed by atoms with Crippen LogP contribution in [0.15, 0.2) is 0 Å². The molecule has 0 aliphatic carbocycles. The molecule has 14 heavy (non-hydrogen) atoms. The number of urea groups is 1. The van der Waals surface area contributed by atoms with Gasteiger partial charge in [-0.2, -0.15) is 0 Å². The molecule has 4 amide bonds. The van der Waals surface area contributed by atoms with Crippen LogP contribution >= 0.6 is 0 Å². The molecule has 0 bridgehead atoms. The van der Waals surface area contributed by atoms with Gasteiger partial charge in [-0.05, 0) is 0 Å². The van der Waals surface area contributed by atoms with E-state index in [-0.39, 0.29) is 13.1 Å². The number of hydrogen-bond acceptors (Lipinski definition) is 5. The zero-order valence-electron chi connectivity index (χ0n) is 7.32. The summed E-state index contributed by atoms with van der Waals surface area (Å²) in [6.07, 6.45) is -1.36. The van der Waals surface area contributed by atoms with Gasteiger partial charge in [0.25, 0.3) is 0 Å². The fourth-order valence-corrected chi connectivity index (χ4v) is 0.605. The molecule has 0 heterocycles. The van der Waals surface area contributed by atoms with Crippen molar-refractivity contribution in [1.29, 1.82) is 0 Å². The molecule has 0 aromatic heterocycles. The van der Waals surface area contributed by atoms with Gasteiger partial charge in [0.1, 0.15) is 6.10 Å². The van der Waals surface area contributed by atoms with Crippen LogP contribution in [-0.2, 0) is 9.59 Å². The van der Waals surface area contributed by atoms with Crippen LogP contribution in [0.3, 0.4) is 0 Å². The summed E-state index contributed by atoms with van der Waals surface area (Å²) >= 11 is 0. The molecule has 80 valence electrons. The van der Waals surface area contributed by atoms with E-state index in [2.05, 4.69) is 11.1 Å². The third kappa shape index (κ3) is 5.91. The van der Waals surface area contributed by atoms with Gasteiger partial charge in [-0.3, -0.25) is 14.9 Å². The zero-order chi connectivity index (χ0) is 11.1. The van der Waals surface area contributed by atoms with E-state index in [1.165, 1.54) is 0 Å². The van der Waals surface area contributed by atoms with Gasteiger partial charge in [0, 0.05) is 6.54 Å². The number of nitrogens with one attached hydrogen (secondary N) is 2. The number of amides is 4. The molecule has 0 aliphatic heterocycles. The Labute approximate surface area is 79.6 Å². The van der Waals surface area contributed by atoms with Crippen LogP contribution in [0.25, 0.3) is 0 Å². The van der Waals surface area contributed by atoms with Gasteiger partial charge in [-0.15, -0.1) is 0 Å². The largest absolute Gasteiger partial charge is 0.382 e. The van der Waals surface area contributed by atoms with Crippen molar-refractivity contribution in [2.24, 2.45) is 11.5 Å². The first-order valence-electron chi connectivity index (χ1n) is 3.71. The van der Waals surface area contributed by atoms with Crippen LogP contribution in [-0.4, -0.2) is 42.1 Å². The number of nitrogens with two attached hydrogens (primary N) is 2. The minimum Gasteiger partial charge on any atom is -0.382 e. The second kappa shape index (κ2) is 5.89. The van der Waals surface area contributed by atoms with Crippen molar-refractivity contribution >= 4 is 17.8 Å². The maximum absolute atomic E-state index is 10.7. The number of primary amides is 2. The topological polar surface area (TPSA) is 148 Å². The molecule has 8 nitrogen and oxygen atoms in total. The predicted octanol–water partition coefficient (Wildman–Crippen LogP) is -3.38. The first kappa shape index (κ1) is 12.3. The van der Waals surface area contributed by atoms with Crippen molar-refractivity contribution in [3.63, 3.8) is 0 Å². The Hall–Kier alpha value is -1.67. The van der Waals surface area contributed by atoms with Crippen LogP contribution in [0.5, 0.6) is 0 Å². The van der Waals surface area contributed by atoms with Crippen LogP contribution in [0, 0.1) is 0 Å². The summed E-state index contributed by atoms with van der Waals surface area (Å²) in [5.74, 6) is -1.55. The maximum atomic E-state index is 10.7. The fraction of sp³-hybridized carbons (Fsp3) is 0.500. The number of rotatable bonds is 5. The van der Waals surface area contributed by atoms with Crippen molar-refractivity contribution in [1.82, 2.24) is 10.6 Å². The highest BCUT2D eigenvalue weighted by Gasteiger charge is 2.10. The first-order chi connectivity index (χ1) is 6.43. The maximum Gasteiger partial charge on any atom is 0.318 e. The van der Waals surface area contributed by atoms with Crippen LogP contribution in [0.1, 0.15) is 0 Å². The van der Waals surface area contributed by atoms with Gasteiger partial charge in [0.2, 0.25) is 11.8 Å². The Morgan fingerprint density at radius 3 is 2.29 bits per heavy atom. The van der Waals surface area contributed by atoms with Gasteiger partial charge < -0.3 is 21.9 Å². The SMILES string of the molecule is NC(=O)NC(=O)CNCC(O)C(N)=O. The van der Waals surface area contributed by atoms with Crippen LogP contribution in [0.4, 0.5) is 4.79 Å². The summed E-state index contributed by atoms with van der Waals surface area (Å²) in [7, 11) is 0. The zero-order valence-corrected chi connectivity index (χ0v) is 7.32. The molecule has 0 saturated carbocycles. The number of hydrogen-bond donors (Lipinski definition) is 5. The van der Waals surface area contributed by atoms with Crippen molar-refractivity contribution in [3.8, 4) is 0 Å². The van der Waals surface area contributed by atoms with E-state index in [1.54, 1.807) is 5.32 Å². The lowest BCUT2D eigenvalue weighted by atomic mass is 10.3. The Kier molecular flexibility index (Phi) is 5.19. The minimum atomic E-state index is -1.36. The van der Waals surface area contributed by atoms with E-state index < -0.39 is 23.9 Å². The second-order valence-electron chi connectivity index (χ2n) is 2.46.